The lowest BCUT2D eigenvalue weighted by molar-refractivity contribution is -0.154. The standard InChI is InChI=1S/C10H16O3/c1-5-10(3,4)7-6(2)8(11)13-9(7)12/h6-7H,5H2,1-4H3. The minimum atomic E-state index is -0.378. The van der Waals surface area contributed by atoms with Gasteiger partial charge in [0, 0.05) is 0 Å². The second kappa shape index (κ2) is 3.13. The topological polar surface area (TPSA) is 43.4 Å². The van der Waals surface area contributed by atoms with Gasteiger partial charge >= 0.3 is 11.9 Å². The molecule has 3 heteroatoms. The molecule has 0 amide bonds. The first-order chi connectivity index (χ1) is 5.90. The largest absolute Gasteiger partial charge is 0.393 e. The summed E-state index contributed by atoms with van der Waals surface area (Å²) in [6.45, 7) is 7.76. The zero-order valence-electron chi connectivity index (χ0n) is 8.59. The van der Waals surface area contributed by atoms with E-state index in [9.17, 15) is 9.59 Å². The Morgan fingerprint density at radius 1 is 1.31 bits per heavy atom. The molecule has 0 aromatic heterocycles. The summed E-state index contributed by atoms with van der Waals surface area (Å²) in [5.41, 5.74) is -0.150. The van der Waals surface area contributed by atoms with Gasteiger partial charge in [-0.1, -0.05) is 34.1 Å². The van der Waals surface area contributed by atoms with Gasteiger partial charge in [-0.15, -0.1) is 0 Å². The van der Waals surface area contributed by atoms with Gasteiger partial charge in [0.15, 0.2) is 0 Å². The van der Waals surface area contributed by atoms with Crippen molar-refractivity contribution in [1.29, 1.82) is 0 Å². The number of esters is 2. The molecule has 0 aromatic rings. The van der Waals surface area contributed by atoms with Gasteiger partial charge in [0.25, 0.3) is 0 Å². The van der Waals surface area contributed by atoms with Crippen LogP contribution in [0.25, 0.3) is 0 Å². The molecular formula is C10H16O3. The van der Waals surface area contributed by atoms with Gasteiger partial charge in [-0.2, -0.15) is 0 Å². The maximum absolute atomic E-state index is 11.4. The van der Waals surface area contributed by atoms with E-state index in [0.717, 1.165) is 6.42 Å². The van der Waals surface area contributed by atoms with Crippen LogP contribution >= 0.6 is 0 Å². The van der Waals surface area contributed by atoms with Gasteiger partial charge in [-0.3, -0.25) is 9.59 Å². The van der Waals surface area contributed by atoms with Gasteiger partial charge in [0.05, 0.1) is 11.8 Å². The third-order valence-electron chi connectivity index (χ3n) is 3.08. The van der Waals surface area contributed by atoms with Crippen LogP contribution in [0.5, 0.6) is 0 Å². The zero-order chi connectivity index (χ0) is 10.2. The number of hydrogen-bond donors (Lipinski definition) is 0. The Hall–Kier alpha value is -0.860. The number of carbonyl (C=O) groups is 2. The number of ether oxygens (including phenoxy) is 1. The van der Waals surface area contributed by atoms with E-state index >= 15 is 0 Å². The van der Waals surface area contributed by atoms with E-state index in [1.54, 1.807) is 6.92 Å². The maximum Gasteiger partial charge on any atom is 0.318 e. The average Bonchev–Trinajstić information content (AvgIpc) is 2.27. The molecule has 0 saturated carbocycles. The van der Waals surface area contributed by atoms with Crippen LogP contribution in [-0.4, -0.2) is 11.9 Å². The van der Waals surface area contributed by atoms with Crippen molar-refractivity contribution in [3.63, 3.8) is 0 Å². The number of rotatable bonds is 2. The van der Waals surface area contributed by atoms with Crippen molar-refractivity contribution in [2.45, 2.75) is 34.1 Å². The van der Waals surface area contributed by atoms with Crippen LogP contribution in [-0.2, 0) is 14.3 Å². The Balaban J connectivity index is 2.92. The molecule has 1 rings (SSSR count). The molecule has 0 bridgehead atoms. The molecule has 13 heavy (non-hydrogen) atoms. The van der Waals surface area contributed by atoms with Crippen molar-refractivity contribution >= 4 is 11.9 Å². The molecule has 1 heterocycles. The maximum atomic E-state index is 11.4. The average molecular weight is 184 g/mol. The third-order valence-corrected chi connectivity index (χ3v) is 3.08. The molecular weight excluding hydrogens is 168 g/mol. The summed E-state index contributed by atoms with van der Waals surface area (Å²) >= 11 is 0. The van der Waals surface area contributed by atoms with Gasteiger partial charge < -0.3 is 4.74 Å². The highest BCUT2D eigenvalue weighted by atomic mass is 16.6. The van der Waals surface area contributed by atoms with Crippen LogP contribution in [0.4, 0.5) is 0 Å². The molecule has 0 N–H and O–H groups in total. The molecule has 0 spiro atoms. The van der Waals surface area contributed by atoms with Crippen molar-refractivity contribution in [2.24, 2.45) is 17.3 Å². The van der Waals surface area contributed by atoms with Crippen LogP contribution in [0, 0.1) is 17.3 Å². The molecule has 0 aromatic carbocycles. The fraction of sp³-hybridized carbons (Fsp3) is 0.800. The number of cyclic esters (lactones) is 2. The predicted molar refractivity (Wildman–Crippen MR) is 47.8 cm³/mol. The predicted octanol–water partition coefficient (Wildman–Crippen LogP) is 1.76. The van der Waals surface area contributed by atoms with E-state index in [1.165, 1.54) is 0 Å². The lowest BCUT2D eigenvalue weighted by Crippen LogP contribution is -2.31. The van der Waals surface area contributed by atoms with Crippen molar-refractivity contribution in [3.8, 4) is 0 Å². The Bertz CT molecular complexity index is 243. The highest BCUT2D eigenvalue weighted by Crippen LogP contribution is 2.40. The first kappa shape index (κ1) is 10.2. The van der Waals surface area contributed by atoms with Crippen LogP contribution < -0.4 is 0 Å². The van der Waals surface area contributed by atoms with E-state index < -0.39 is 0 Å². The first-order valence-electron chi connectivity index (χ1n) is 4.65. The van der Waals surface area contributed by atoms with Crippen molar-refractivity contribution in [3.05, 3.63) is 0 Å². The highest BCUT2D eigenvalue weighted by molar-refractivity contribution is 5.96. The smallest absolute Gasteiger partial charge is 0.318 e. The minimum absolute atomic E-state index is 0.150. The molecule has 0 aliphatic carbocycles. The number of carbonyl (C=O) groups excluding carboxylic acids is 2. The first-order valence-corrected chi connectivity index (χ1v) is 4.65. The van der Waals surface area contributed by atoms with Crippen LogP contribution in [0.15, 0.2) is 0 Å². The molecule has 2 unspecified atom stereocenters. The fourth-order valence-corrected chi connectivity index (χ4v) is 1.81. The van der Waals surface area contributed by atoms with E-state index in [4.69, 9.17) is 0 Å². The summed E-state index contributed by atoms with van der Waals surface area (Å²) in [5.74, 6) is -1.30. The summed E-state index contributed by atoms with van der Waals surface area (Å²) < 4.78 is 4.60. The molecule has 0 radical (unpaired) electrons. The number of hydrogen-bond acceptors (Lipinski definition) is 3. The summed E-state index contributed by atoms with van der Waals surface area (Å²) in [6, 6.07) is 0. The zero-order valence-corrected chi connectivity index (χ0v) is 8.59. The normalized spacial score (nSPS) is 29.2. The Labute approximate surface area is 78.5 Å². The third kappa shape index (κ3) is 1.60. The lowest BCUT2D eigenvalue weighted by atomic mass is 9.72. The van der Waals surface area contributed by atoms with Crippen LogP contribution in [0.3, 0.4) is 0 Å². The summed E-state index contributed by atoms with van der Waals surface area (Å²) in [6.07, 6.45) is 0.865. The molecule has 1 saturated heterocycles. The van der Waals surface area contributed by atoms with E-state index in [2.05, 4.69) is 4.74 Å². The van der Waals surface area contributed by atoms with E-state index in [-0.39, 0.29) is 29.2 Å². The molecule has 1 fully saturated rings. The quantitative estimate of drug-likeness (QED) is 0.485. The molecule has 2 atom stereocenters. The Morgan fingerprint density at radius 2 is 1.85 bits per heavy atom. The van der Waals surface area contributed by atoms with Crippen molar-refractivity contribution in [1.82, 2.24) is 0 Å². The SMILES string of the molecule is CCC(C)(C)C1C(=O)OC(=O)C1C. The fourth-order valence-electron chi connectivity index (χ4n) is 1.81. The van der Waals surface area contributed by atoms with Crippen LogP contribution in [0.2, 0.25) is 0 Å². The summed E-state index contributed by atoms with van der Waals surface area (Å²) in [5, 5.41) is 0. The van der Waals surface area contributed by atoms with E-state index in [0.29, 0.717) is 0 Å². The second-order valence-electron chi connectivity index (χ2n) is 4.35. The van der Waals surface area contributed by atoms with Crippen molar-refractivity contribution in [2.75, 3.05) is 0 Å². The second-order valence-corrected chi connectivity index (χ2v) is 4.35. The lowest BCUT2D eigenvalue weighted by Gasteiger charge is -2.28. The van der Waals surface area contributed by atoms with Crippen molar-refractivity contribution < 1.29 is 14.3 Å². The van der Waals surface area contributed by atoms with Gasteiger partial charge in [0.2, 0.25) is 0 Å². The van der Waals surface area contributed by atoms with Gasteiger partial charge in [-0.25, -0.2) is 0 Å². The Morgan fingerprint density at radius 3 is 2.15 bits per heavy atom. The molecule has 3 nitrogen and oxygen atoms in total. The highest BCUT2D eigenvalue weighted by Gasteiger charge is 2.48. The summed E-state index contributed by atoms with van der Waals surface area (Å²) in [7, 11) is 0. The minimum Gasteiger partial charge on any atom is -0.393 e. The molecule has 1 aliphatic heterocycles. The van der Waals surface area contributed by atoms with Gasteiger partial charge in [0.1, 0.15) is 0 Å². The van der Waals surface area contributed by atoms with Crippen LogP contribution in [0.1, 0.15) is 34.1 Å². The van der Waals surface area contributed by atoms with Gasteiger partial charge in [-0.05, 0) is 5.41 Å². The van der Waals surface area contributed by atoms with E-state index in [1.807, 2.05) is 20.8 Å². The molecule has 74 valence electrons. The molecule has 1 aliphatic rings. The Kier molecular flexibility index (Phi) is 2.46. The monoisotopic (exact) mass is 184 g/mol. The summed E-state index contributed by atoms with van der Waals surface area (Å²) in [4.78, 5) is 22.5.